The molecule has 2 aromatic carbocycles. The summed E-state index contributed by atoms with van der Waals surface area (Å²) in [5.41, 5.74) is 3.27. The fraction of sp³-hybridized carbons (Fsp3) is 0.316. The summed E-state index contributed by atoms with van der Waals surface area (Å²) in [5, 5.41) is 24.2. The lowest BCUT2D eigenvalue weighted by molar-refractivity contribution is -0.384. The number of nitro groups is 1. The SMILES string of the molecule is O=C(c1ccc(O)cc1)N1CCN(c2c([N+](=O)[O-])ccc3c2CCN3)CC1. The van der Waals surface area contributed by atoms with Crippen molar-refractivity contribution in [1.29, 1.82) is 0 Å². The van der Waals surface area contributed by atoms with Crippen LogP contribution in [-0.4, -0.2) is 53.6 Å². The Morgan fingerprint density at radius 1 is 1.07 bits per heavy atom. The maximum Gasteiger partial charge on any atom is 0.292 e. The molecule has 2 aliphatic heterocycles. The molecule has 2 aromatic rings. The minimum absolute atomic E-state index is 0.0934. The fourth-order valence-electron chi connectivity index (χ4n) is 3.78. The molecule has 1 saturated heterocycles. The lowest BCUT2D eigenvalue weighted by Gasteiger charge is -2.36. The number of carbonyl (C=O) groups is 1. The number of hydrogen-bond donors (Lipinski definition) is 2. The number of nitrogens with zero attached hydrogens (tertiary/aromatic N) is 3. The van der Waals surface area contributed by atoms with Crippen LogP contribution in [0.2, 0.25) is 0 Å². The Morgan fingerprint density at radius 2 is 1.78 bits per heavy atom. The third kappa shape index (κ3) is 3.14. The molecule has 140 valence electrons. The Kier molecular flexibility index (Phi) is 4.31. The highest BCUT2D eigenvalue weighted by Crippen LogP contribution is 2.39. The van der Waals surface area contributed by atoms with Crippen LogP contribution >= 0.6 is 0 Å². The molecule has 0 radical (unpaired) electrons. The molecule has 0 spiro atoms. The first-order valence-corrected chi connectivity index (χ1v) is 8.92. The topological polar surface area (TPSA) is 99.0 Å². The van der Waals surface area contributed by atoms with Crippen LogP contribution < -0.4 is 10.2 Å². The normalized spacial score (nSPS) is 16.0. The van der Waals surface area contributed by atoms with Gasteiger partial charge in [-0.1, -0.05) is 0 Å². The van der Waals surface area contributed by atoms with Gasteiger partial charge < -0.3 is 20.2 Å². The first kappa shape index (κ1) is 17.1. The molecule has 1 amide bonds. The molecule has 1 fully saturated rings. The van der Waals surface area contributed by atoms with Crippen molar-refractivity contribution in [3.63, 3.8) is 0 Å². The highest BCUT2D eigenvalue weighted by molar-refractivity contribution is 5.94. The van der Waals surface area contributed by atoms with Gasteiger partial charge in [0, 0.05) is 55.6 Å². The molecule has 27 heavy (non-hydrogen) atoms. The largest absolute Gasteiger partial charge is 0.508 e. The Bertz CT molecular complexity index is 889. The van der Waals surface area contributed by atoms with Crippen molar-refractivity contribution in [3.05, 3.63) is 57.6 Å². The van der Waals surface area contributed by atoms with Gasteiger partial charge in [-0.05, 0) is 36.8 Å². The van der Waals surface area contributed by atoms with Crippen LogP contribution in [0.15, 0.2) is 36.4 Å². The number of nitrogens with one attached hydrogen (secondary N) is 1. The fourth-order valence-corrected chi connectivity index (χ4v) is 3.78. The monoisotopic (exact) mass is 368 g/mol. The van der Waals surface area contributed by atoms with E-state index < -0.39 is 0 Å². The molecule has 0 aromatic heterocycles. The zero-order valence-corrected chi connectivity index (χ0v) is 14.7. The Hall–Kier alpha value is -3.29. The van der Waals surface area contributed by atoms with Crippen molar-refractivity contribution < 1.29 is 14.8 Å². The Morgan fingerprint density at radius 3 is 2.44 bits per heavy atom. The van der Waals surface area contributed by atoms with Gasteiger partial charge >= 0.3 is 0 Å². The van der Waals surface area contributed by atoms with Crippen LogP contribution in [0.3, 0.4) is 0 Å². The lowest BCUT2D eigenvalue weighted by Crippen LogP contribution is -2.49. The van der Waals surface area contributed by atoms with Crippen molar-refractivity contribution in [3.8, 4) is 5.75 Å². The van der Waals surface area contributed by atoms with Crippen molar-refractivity contribution in [2.45, 2.75) is 6.42 Å². The third-order valence-electron chi connectivity index (χ3n) is 5.15. The number of phenols is 1. The number of piperazine rings is 1. The molecular formula is C19H20N4O4. The summed E-state index contributed by atoms with van der Waals surface area (Å²) < 4.78 is 0. The zero-order valence-electron chi connectivity index (χ0n) is 14.7. The summed E-state index contributed by atoms with van der Waals surface area (Å²) in [5.74, 6) is 0.0272. The van der Waals surface area contributed by atoms with E-state index in [1.807, 2.05) is 4.90 Å². The van der Waals surface area contributed by atoms with Gasteiger partial charge in [-0.25, -0.2) is 0 Å². The van der Waals surface area contributed by atoms with Gasteiger partial charge in [0.1, 0.15) is 11.4 Å². The first-order chi connectivity index (χ1) is 13.0. The van der Waals surface area contributed by atoms with Crippen LogP contribution in [0, 0.1) is 10.1 Å². The third-order valence-corrected chi connectivity index (χ3v) is 5.15. The summed E-state index contributed by atoms with van der Waals surface area (Å²) in [6.07, 6.45) is 0.763. The van der Waals surface area contributed by atoms with Crippen molar-refractivity contribution in [1.82, 2.24) is 4.90 Å². The standard InChI is InChI=1S/C19H20N4O4/c24-14-3-1-13(2-4-14)19(25)22-11-9-21(10-12-22)18-15-7-8-20-16(15)5-6-17(18)23(26)27/h1-6,20,24H,7-12H2. The molecule has 0 aliphatic carbocycles. The first-order valence-electron chi connectivity index (χ1n) is 8.92. The summed E-state index contributed by atoms with van der Waals surface area (Å²) >= 11 is 0. The predicted molar refractivity (Wildman–Crippen MR) is 102 cm³/mol. The van der Waals surface area contributed by atoms with E-state index in [1.165, 1.54) is 12.1 Å². The van der Waals surface area contributed by atoms with Crippen molar-refractivity contribution >= 4 is 23.0 Å². The Labute approximate surface area is 156 Å². The smallest absolute Gasteiger partial charge is 0.292 e. The molecule has 0 saturated carbocycles. The minimum atomic E-state index is -0.331. The van der Waals surface area contributed by atoms with Crippen LogP contribution in [0.5, 0.6) is 5.75 Å². The molecule has 2 heterocycles. The number of amides is 1. The summed E-state index contributed by atoms with van der Waals surface area (Å²) in [6, 6.07) is 9.52. The van der Waals surface area contributed by atoms with Gasteiger partial charge in [0.15, 0.2) is 0 Å². The number of phenolic OH excluding ortho intramolecular Hbond substituents is 1. The van der Waals surface area contributed by atoms with E-state index in [1.54, 1.807) is 29.2 Å². The van der Waals surface area contributed by atoms with Crippen molar-refractivity contribution in [2.24, 2.45) is 0 Å². The average Bonchev–Trinajstić information content (AvgIpc) is 3.16. The molecule has 0 unspecified atom stereocenters. The van der Waals surface area contributed by atoms with Gasteiger partial charge in [0.2, 0.25) is 0 Å². The quantitative estimate of drug-likeness (QED) is 0.637. The molecule has 8 heteroatoms. The van der Waals surface area contributed by atoms with Crippen LogP contribution in [0.4, 0.5) is 17.1 Å². The maximum atomic E-state index is 12.6. The molecule has 4 rings (SSSR count). The van der Waals surface area contributed by atoms with Gasteiger partial charge in [-0.3, -0.25) is 14.9 Å². The number of benzene rings is 2. The van der Waals surface area contributed by atoms with E-state index in [-0.39, 0.29) is 22.3 Å². The lowest BCUT2D eigenvalue weighted by atomic mass is 10.1. The second-order valence-electron chi connectivity index (χ2n) is 6.72. The molecule has 2 aliphatic rings. The number of rotatable bonds is 3. The number of hydrogen-bond acceptors (Lipinski definition) is 6. The van der Waals surface area contributed by atoms with E-state index in [4.69, 9.17) is 0 Å². The van der Waals surface area contributed by atoms with E-state index in [0.29, 0.717) is 37.4 Å². The molecule has 0 bridgehead atoms. The summed E-state index contributed by atoms with van der Waals surface area (Å²) in [4.78, 5) is 27.6. The number of nitro benzene ring substituents is 1. The minimum Gasteiger partial charge on any atom is -0.508 e. The van der Waals surface area contributed by atoms with E-state index in [2.05, 4.69) is 5.32 Å². The number of fused-ring (bicyclic) bond motifs is 1. The summed E-state index contributed by atoms with van der Waals surface area (Å²) in [6.45, 7) is 2.85. The van der Waals surface area contributed by atoms with Gasteiger partial charge in [-0.15, -0.1) is 0 Å². The second-order valence-corrected chi connectivity index (χ2v) is 6.72. The van der Waals surface area contributed by atoms with E-state index >= 15 is 0 Å². The van der Waals surface area contributed by atoms with Crippen LogP contribution in [0.1, 0.15) is 15.9 Å². The second kappa shape index (κ2) is 6.79. The number of aromatic hydroxyl groups is 1. The molecule has 8 nitrogen and oxygen atoms in total. The number of carbonyl (C=O) groups excluding carboxylic acids is 1. The highest BCUT2D eigenvalue weighted by Gasteiger charge is 2.31. The molecule has 0 atom stereocenters. The number of anilines is 2. The maximum absolute atomic E-state index is 12.6. The molecular weight excluding hydrogens is 348 g/mol. The van der Waals surface area contributed by atoms with Gasteiger partial charge in [0.05, 0.1) is 4.92 Å². The summed E-state index contributed by atoms with van der Waals surface area (Å²) in [7, 11) is 0. The highest BCUT2D eigenvalue weighted by atomic mass is 16.6. The zero-order chi connectivity index (χ0) is 19.0. The predicted octanol–water partition coefficient (Wildman–Crippen LogP) is 2.23. The van der Waals surface area contributed by atoms with Gasteiger partial charge in [-0.2, -0.15) is 0 Å². The average molecular weight is 368 g/mol. The van der Waals surface area contributed by atoms with Gasteiger partial charge in [0.25, 0.3) is 11.6 Å². The van der Waals surface area contributed by atoms with Crippen LogP contribution in [0.25, 0.3) is 0 Å². The van der Waals surface area contributed by atoms with E-state index in [0.717, 1.165) is 24.2 Å². The van der Waals surface area contributed by atoms with E-state index in [9.17, 15) is 20.0 Å². The molecule has 2 N–H and O–H groups in total. The Balaban J connectivity index is 1.53. The van der Waals surface area contributed by atoms with Crippen molar-refractivity contribution in [2.75, 3.05) is 42.9 Å². The van der Waals surface area contributed by atoms with Crippen LogP contribution in [-0.2, 0) is 6.42 Å².